The van der Waals surface area contributed by atoms with Crippen molar-refractivity contribution in [2.24, 2.45) is 0 Å². The van der Waals surface area contributed by atoms with Crippen LogP contribution >= 0.6 is 0 Å². The Hall–Kier alpha value is -2.03. The number of benzene rings is 1. The lowest BCUT2D eigenvalue weighted by atomic mass is 10.1. The summed E-state index contributed by atoms with van der Waals surface area (Å²) in [5.41, 5.74) is 2.48. The zero-order valence-electron chi connectivity index (χ0n) is 10.8. The Balaban J connectivity index is 1.88. The molecular formula is C15H18N2O. The second-order valence-electron chi connectivity index (χ2n) is 4.25. The SMILES string of the molecule is COc1cccc(CCNc2cc(C)ccn2)c1. The van der Waals surface area contributed by atoms with E-state index in [-0.39, 0.29) is 0 Å². The molecule has 1 aromatic heterocycles. The molecule has 0 saturated heterocycles. The summed E-state index contributed by atoms with van der Waals surface area (Å²) >= 11 is 0. The molecule has 0 unspecified atom stereocenters. The first-order chi connectivity index (χ1) is 8.78. The first kappa shape index (κ1) is 12.4. The first-order valence-corrected chi connectivity index (χ1v) is 6.07. The number of ether oxygens (including phenoxy) is 1. The zero-order valence-corrected chi connectivity index (χ0v) is 10.8. The van der Waals surface area contributed by atoms with Crippen LogP contribution in [0.15, 0.2) is 42.6 Å². The zero-order chi connectivity index (χ0) is 12.8. The average Bonchev–Trinajstić information content (AvgIpc) is 2.39. The van der Waals surface area contributed by atoms with Crippen molar-refractivity contribution >= 4 is 5.82 Å². The number of anilines is 1. The maximum atomic E-state index is 5.20. The van der Waals surface area contributed by atoms with Crippen LogP contribution in [0.25, 0.3) is 0 Å². The number of nitrogens with zero attached hydrogens (tertiary/aromatic N) is 1. The number of aryl methyl sites for hydroxylation is 1. The van der Waals surface area contributed by atoms with Gasteiger partial charge in [-0.05, 0) is 48.7 Å². The van der Waals surface area contributed by atoms with Crippen LogP contribution in [0, 0.1) is 6.92 Å². The summed E-state index contributed by atoms with van der Waals surface area (Å²) < 4.78 is 5.20. The highest BCUT2D eigenvalue weighted by molar-refractivity contribution is 5.37. The lowest BCUT2D eigenvalue weighted by molar-refractivity contribution is 0.414. The van der Waals surface area contributed by atoms with Crippen molar-refractivity contribution < 1.29 is 4.74 Å². The Morgan fingerprint density at radius 1 is 1.22 bits per heavy atom. The maximum Gasteiger partial charge on any atom is 0.126 e. The minimum atomic E-state index is 0.865. The van der Waals surface area contributed by atoms with Gasteiger partial charge >= 0.3 is 0 Å². The van der Waals surface area contributed by atoms with Crippen LogP contribution in [0.3, 0.4) is 0 Å². The van der Waals surface area contributed by atoms with Gasteiger partial charge in [0.15, 0.2) is 0 Å². The Labute approximate surface area is 108 Å². The third-order valence-corrected chi connectivity index (χ3v) is 2.77. The quantitative estimate of drug-likeness (QED) is 0.875. The van der Waals surface area contributed by atoms with Gasteiger partial charge in [0.2, 0.25) is 0 Å². The number of pyridine rings is 1. The normalized spacial score (nSPS) is 10.1. The number of hydrogen-bond donors (Lipinski definition) is 1. The fourth-order valence-corrected chi connectivity index (χ4v) is 1.80. The van der Waals surface area contributed by atoms with Gasteiger partial charge in [0, 0.05) is 12.7 Å². The van der Waals surface area contributed by atoms with Crippen LogP contribution < -0.4 is 10.1 Å². The van der Waals surface area contributed by atoms with Gasteiger partial charge in [-0.25, -0.2) is 4.98 Å². The van der Waals surface area contributed by atoms with E-state index in [0.29, 0.717) is 0 Å². The minimum Gasteiger partial charge on any atom is -0.497 e. The molecule has 0 fully saturated rings. The van der Waals surface area contributed by atoms with E-state index in [4.69, 9.17) is 4.74 Å². The fourth-order valence-electron chi connectivity index (χ4n) is 1.80. The molecule has 0 amide bonds. The predicted octanol–water partition coefficient (Wildman–Crippen LogP) is 3.05. The molecule has 0 bridgehead atoms. The molecule has 0 atom stereocenters. The van der Waals surface area contributed by atoms with E-state index in [1.165, 1.54) is 11.1 Å². The highest BCUT2D eigenvalue weighted by Gasteiger charge is 1.97. The van der Waals surface area contributed by atoms with Crippen molar-refractivity contribution in [3.63, 3.8) is 0 Å². The summed E-state index contributed by atoms with van der Waals surface area (Å²) in [5, 5.41) is 3.32. The van der Waals surface area contributed by atoms with Crippen molar-refractivity contribution in [2.45, 2.75) is 13.3 Å². The maximum absolute atomic E-state index is 5.20. The highest BCUT2D eigenvalue weighted by atomic mass is 16.5. The van der Waals surface area contributed by atoms with Gasteiger partial charge in [0.1, 0.15) is 11.6 Å². The van der Waals surface area contributed by atoms with Gasteiger partial charge in [0.25, 0.3) is 0 Å². The van der Waals surface area contributed by atoms with Crippen LogP contribution in [0.1, 0.15) is 11.1 Å². The van der Waals surface area contributed by atoms with Crippen LogP contribution in [-0.4, -0.2) is 18.6 Å². The van der Waals surface area contributed by atoms with Gasteiger partial charge in [0.05, 0.1) is 7.11 Å². The molecule has 0 aliphatic heterocycles. The van der Waals surface area contributed by atoms with Crippen LogP contribution in [-0.2, 0) is 6.42 Å². The number of rotatable bonds is 5. The van der Waals surface area contributed by atoms with E-state index in [0.717, 1.165) is 24.5 Å². The molecule has 94 valence electrons. The summed E-state index contributed by atoms with van der Waals surface area (Å²) in [4.78, 5) is 4.27. The molecule has 2 aromatic rings. The Morgan fingerprint density at radius 3 is 2.89 bits per heavy atom. The number of hydrogen-bond acceptors (Lipinski definition) is 3. The third kappa shape index (κ3) is 3.48. The van der Waals surface area contributed by atoms with E-state index in [1.54, 1.807) is 7.11 Å². The predicted molar refractivity (Wildman–Crippen MR) is 74.2 cm³/mol. The van der Waals surface area contributed by atoms with Crippen molar-refractivity contribution in [3.8, 4) is 5.75 Å². The Kier molecular flexibility index (Phi) is 4.18. The molecule has 0 spiro atoms. The fraction of sp³-hybridized carbons (Fsp3) is 0.267. The van der Waals surface area contributed by atoms with Crippen LogP contribution in [0.5, 0.6) is 5.75 Å². The molecule has 3 nitrogen and oxygen atoms in total. The molecule has 3 heteroatoms. The standard InChI is InChI=1S/C15H18N2O/c1-12-6-8-16-15(10-12)17-9-7-13-4-3-5-14(11-13)18-2/h3-6,8,10-11H,7,9H2,1-2H3,(H,16,17). The highest BCUT2D eigenvalue weighted by Crippen LogP contribution is 2.13. The largest absolute Gasteiger partial charge is 0.497 e. The Bertz CT molecular complexity index is 511. The van der Waals surface area contributed by atoms with Gasteiger partial charge in [-0.2, -0.15) is 0 Å². The summed E-state index contributed by atoms with van der Waals surface area (Å²) in [6.45, 7) is 2.93. The monoisotopic (exact) mass is 242 g/mol. The van der Waals surface area contributed by atoms with Gasteiger partial charge in [-0.1, -0.05) is 12.1 Å². The molecule has 18 heavy (non-hydrogen) atoms. The summed E-state index contributed by atoms with van der Waals surface area (Å²) in [6, 6.07) is 12.2. The van der Waals surface area contributed by atoms with Crippen molar-refractivity contribution in [1.29, 1.82) is 0 Å². The van der Waals surface area contributed by atoms with E-state index < -0.39 is 0 Å². The summed E-state index contributed by atoms with van der Waals surface area (Å²) in [5.74, 6) is 1.83. The smallest absolute Gasteiger partial charge is 0.126 e. The molecular weight excluding hydrogens is 224 g/mol. The Morgan fingerprint density at radius 2 is 2.11 bits per heavy atom. The molecule has 0 radical (unpaired) electrons. The van der Waals surface area contributed by atoms with E-state index in [9.17, 15) is 0 Å². The number of nitrogens with one attached hydrogen (secondary N) is 1. The van der Waals surface area contributed by atoms with E-state index in [1.807, 2.05) is 30.5 Å². The van der Waals surface area contributed by atoms with Gasteiger partial charge in [-0.3, -0.25) is 0 Å². The first-order valence-electron chi connectivity index (χ1n) is 6.07. The third-order valence-electron chi connectivity index (χ3n) is 2.77. The molecule has 0 saturated carbocycles. The summed E-state index contributed by atoms with van der Waals surface area (Å²) in [6.07, 6.45) is 2.77. The topological polar surface area (TPSA) is 34.1 Å². The average molecular weight is 242 g/mol. The van der Waals surface area contributed by atoms with Gasteiger partial charge in [-0.15, -0.1) is 0 Å². The second kappa shape index (κ2) is 6.05. The van der Waals surface area contributed by atoms with E-state index >= 15 is 0 Å². The lowest BCUT2D eigenvalue weighted by Gasteiger charge is -2.07. The number of methoxy groups -OCH3 is 1. The molecule has 0 aliphatic rings. The van der Waals surface area contributed by atoms with Gasteiger partial charge < -0.3 is 10.1 Å². The molecule has 1 aromatic carbocycles. The molecule has 1 N–H and O–H groups in total. The van der Waals surface area contributed by atoms with Crippen molar-refractivity contribution in [3.05, 3.63) is 53.7 Å². The van der Waals surface area contributed by atoms with Crippen LogP contribution in [0.2, 0.25) is 0 Å². The molecule has 2 rings (SSSR count). The van der Waals surface area contributed by atoms with Crippen molar-refractivity contribution in [2.75, 3.05) is 19.0 Å². The minimum absolute atomic E-state index is 0.865. The second-order valence-corrected chi connectivity index (χ2v) is 4.25. The lowest BCUT2D eigenvalue weighted by Crippen LogP contribution is -2.06. The van der Waals surface area contributed by atoms with Crippen LogP contribution in [0.4, 0.5) is 5.82 Å². The molecule has 1 heterocycles. The van der Waals surface area contributed by atoms with Crippen molar-refractivity contribution in [1.82, 2.24) is 4.98 Å². The van der Waals surface area contributed by atoms with E-state index in [2.05, 4.69) is 29.4 Å². The number of aromatic nitrogens is 1. The molecule has 0 aliphatic carbocycles. The summed E-state index contributed by atoms with van der Waals surface area (Å²) in [7, 11) is 1.69.